The van der Waals surface area contributed by atoms with Crippen molar-refractivity contribution >= 4 is 0 Å². The molecule has 0 aromatic rings. The van der Waals surface area contributed by atoms with Crippen molar-refractivity contribution in [3.63, 3.8) is 0 Å². The minimum atomic E-state index is 0.386. The SMILES string of the molecule is CC(C)CCCCCCCCCCN1CCC(OC(C)C)CC1. The number of piperidine rings is 1. The second kappa shape index (κ2) is 13.2. The Kier molecular flexibility index (Phi) is 12.1. The summed E-state index contributed by atoms with van der Waals surface area (Å²) in [6, 6.07) is 0. The molecule has 1 aliphatic heterocycles. The van der Waals surface area contributed by atoms with E-state index < -0.39 is 0 Å². The highest BCUT2D eigenvalue weighted by Crippen LogP contribution is 2.17. The Bertz CT molecular complexity index is 257. The number of ether oxygens (including phenoxy) is 1. The predicted molar refractivity (Wildman–Crippen MR) is 102 cm³/mol. The van der Waals surface area contributed by atoms with Gasteiger partial charge in [0, 0.05) is 13.1 Å². The van der Waals surface area contributed by atoms with Crippen molar-refractivity contribution in [3.05, 3.63) is 0 Å². The standard InChI is InChI=1S/C21H43NO/c1-19(2)13-11-9-7-5-6-8-10-12-16-22-17-14-21(15-18-22)23-20(3)4/h19-21H,5-18H2,1-4H3. The Morgan fingerprint density at radius 2 is 1.30 bits per heavy atom. The first-order valence-electron chi connectivity index (χ1n) is 10.5. The molecular weight excluding hydrogens is 282 g/mol. The third-order valence-electron chi connectivity index (χ3n) is 5.01. The quantitative estimate of drug-likeness (QED) is 0.383. The van der Waals surface area contributed by atoms with Crippen LogP contribution in [0.4, 0.5) is 0 Å². The molecular formula is C21H43NO. The van der Waals surface area contributed by atoms with Crippen LogP contribution in [-0.2, 0) is 4.74 Å². The first-order chi connectivity index (χ1) is 11.1. The Morgan fingerprint density at radius 3 is 1.83 bits per heavy atom. The number of unbranched alkanes of at least 4 members (excludes halogenated alkanes) is 7. The average molecular weight is 326 g/mol. The van der Waals surface area contributed by atoms with E-state index in [1.807, 2.05) is 0 Å². The number of nitrogens with zero attached hydrogens (tertiary/aromatic N) is 1. The lowest BCUT2D eigenvalue weighted by Gasteiger charge is -2.32. The number of rotatable bonds is 13. The summed E-state index contributed by atoms with van der Waals surface area (Å²) in [5, 5.41) is 0. The van der Waals surface area contributed by atoms with Gasteiger partial charge in [0.15, 0.2) is 0 Å². The molecule has 23 heavy (non-hydrogen) atoms. The van der Waals surface area contributed by atoms with E-state index >= 15 is 0 Å². The molecule has 1 heterocycles. The van der Waals surface area contributed by atoms with E-state index in [-0.39, 0.29) is 0 Å². The van der Waals surface area contributed by atoms with Gasteiger partial charge in [0.1, 0.15) is 0 Å². The van der Waals surface area contributed by atoms with Crippen LogP contribution in [0.25, 0.3) is 0 Å². The van der Waals surface area contributed by atoms with Gasteiger partial charge in [-0.15, -0.1) is 0 Å². The van der Waals surface area contributed by atoms with Gasteiger partial charge in [0.25, 0.3) is 0 Å². The normalized spacial score (nSPS) is 17.5. The first kappa shape index (κ1) is 21.0. The molecule has 2 heteroatoms. The van der Waals surface area contributed by atoms with E-state index in [0.717, 1.165) is 5.92 Å². The minimum Gasteiger partial charge on any atom is -0.375 e. The Hall–Kier alpha value is -0.0800. The Labute approximate surface area is 146 Å². The van der Waals surface area contributed by atoms with Crippen LogP contribution in [0.1, 0.15) is 98.3 Å². The van der Waals surface area contributed by atoms with E-state index in [0.29, 0.717) is 12.2 Å². The molecule has 0 saturated carbocycles. The summed E-state index contributed by atoms with van der Waals surface area (Å²) in [4.78, 5) is 2.64. The monoisotopic (exact) mass is 325 g/mol. The van der Waals surface area contributed by atoms with Gasteiger partial charge in [-0.3, -0.25) is 0 Å². The van der Waals surface area contributed by atoms with Crippen LogP contribution in [0.3, 0.4) is 0 Å². The summed E-state index contributed by atoms with van der Waals surface area (Å²) < 4.78 is 5.92. The minimum absolute atomic E-state index is 0.386. The molecule has 1 aliphatic rings. The van der Waals surface area contributed by atoms with Crippen LogP contribution >= 0.6 is 0 Å². The Morgan fingerprint density at radius 1 is 0.783 bits per heavy atom. The van der Waals surface area contributed by atoms with Gasteiger partial charge in [-0.25, -0.2) is 0 Å². The summed E-state index contributed by atoms with van der Waals surface area (Å²) >= 11 is 0. The van der Waals surface area contributed by atoms with Crippen molar-refractivity contribution in [1.82, 2.24) is 4.90 Å². The zero-order valence-electron chi connectivity index (χ0n) is 16.5. The van der Waals surface area contributed by atoms with Crippen molar-refractivity contribution in [1.29, 1.82) is 0 Å². The van der Waals surface area contributed by atoms with Gasteiger partial charge in [-0.05, 0) is 45.6 Å². The Balaban J connectivity index is 1.83. The van der Waals surface area contributed by atoms with Crippen LogP contribution in [0.5, 0.6) is 0 Å². The molecule has 1 fully saturated rings. The lowest BCUT2D eigenvalue weighted by Crippen LogP contribution is -2.38. The summed E-state index contributed by atoms with van der Waals surface area (Å²) in [7, 11) is 0. The lowest BCUT2D eigenvalue weighted by molar-refractivity contribution is -0.0268. The van der Waals surface area contributed by atoms with Crippen LogP contribution in [0, 0.1) is 5.92 Å². The van der Waals surface area contributed by atoms with Crippen molar-refractivity contribution in [3.8, 4) is 0 Å². The summed E-state index contributed by atoms with van der Waals surface area (Å²) in [5.41, 5.74) is 0. The largest absolute Gasteiger partial charge is 0.375 e. The van der Waals surface area contributed by atoms with E-state index in [2.05, 4.69) is 32.6 Å². The molecule has 0 unspecified atom stereocenters. The van der Waals surface area contributed by atoms with Gasteiger partial charge in [0.05, 0.1) is 12.2 Å². The molecule has 0 spiro atoms. The maximum atomic E-state index is 5.92. The van der Waals surface area contributed by atoms with Crippen LogP contribution in [-0.4, -0.2) is 36.7 Å². The summed E-state index contributed by atoms with van der Waals surface area (Å²) in [5.74, 6) is 0.886. The van der Waals surface area contributed by atoms with Crippen molar-refractivity contribution in [2.75, 3.05) is 19.6 Å². The molecule has 0 amide bonds. The first-order valence-corrected chi connectivity index (χ1v) is 10.5. The number of likely N-dealkylation sites (tertiary alicyclic amines) is 1. The van der Waals surface area contributed by atoms with E-state index in [4.69, 9.17) is 4.74 Å². The second-order valence-electron chi connectivity index (χ2n) is 8.24. The van der Waals surface area contributed by atoms with E-state index in [1.165, 1.54) is 90.3 Å². The van der Waals surface area contributed by atoms with Gasteiger partial charge >= 0.3 is 0 Å². The van der Waals surface area contributed by atoms with Crippen LogP contribution in [0.2, 0.25) is 0 Å². The van der Waals surface area contributed by atoms with Gasteiger partial charge in [0.2, 0.25) is 0 Å². The maximum absolute atomic E-state index is 5.92. The highest BCUT2D eigenvalue weighted by molar-refractivity contribution is 4.73. The summed E-state index contributed by atoms with van der Waals surface area (Å²) in [6.45, 7) is 12.8. The molecule has 2 nitrogen and oxygen atoms in total. The highest BCUT2D eigenvalue weighted by atomic mass is 16.5. The van der Waals surface area contributed by atoms with E-state index in [9.17, 15) is 0 Å². The molecule has 0 N–H and O–H groups in total. The maximum Gasteiger partial charge on any atom is 0.0603 e. The molecule has 1 saturated heterocycles. The van der Waals surface area contributed by atoms with Gasteiger partial charge in [-0.1, -0.05) is 65.2 Å². The third kappa shape index (κ3) is 12.0. The lowest BCUT2D eigenvalue weighted by atomic mass is 10.0. The molecule has 138 valence electrons. The number of hydrogen-bond acceptors (Lipinski definition) is 2. The van der Waals surface area contributed by atoms with Crippen LogP contribution < -0.4 is 0 Å². The van der Waals surface area contributed by atoms with E-state index in [1.54, 1.807) is 0 Å². The van der Waals surface area contributed by atoms with Crippen LogP contribution in [0.15, 0.2) is 0 Å². The van der Waals surface area contributed by atoms with Crippen molar-refractivity contribution in [2.45, 2.75) is 111 Å². The smallest absolute Gasteiger partial charge is 0.0603 e. The third-order valence-corrected chi connectivity index (χ3v) is 5.01. The molecule has 0 bridgehead atoms. The molecule has 0 aromatic carbocycles. The molecule has 0 aliphatic carbocycles. The average Bonchev–Trinajstić information content (AvgIpc) is 2.50. The zero-order valence-corrected chi connectivity index (χ0v) is 16.5. The number of hydrogen-bond donors (Lipinski definition) is 0. The second-order valence-corrected chi connectivity index (χ2v) is 8.24. The summed E-state index contributed by atoms with van der Waals surface area (Å²) in [6.07, 6.45) is 16.3. The topological polar surface area (TPSA) is 12.5 Å². The van der Waals surface area contributed by atoms with Crippen molar-refractivity contribution < 1.29 is 4.74 Å². The van der Waals surface area contributed by atoms with Gasteiger partial charge in [-0.2, -0.15) is 0 Å². The molecule has 0 atom stereocenters. The zero-order chi connectivity index (χ0) is 16.9. The molecule has 1 rings (SSSR count). The fraction of sp³-hybridized carbons (Fsp3) is 1.00. The molecule has 0 aromatic heterocycles. The van der Waals surface area contributed by atoms with Crippen molar-refractivity contribution in [2.24, 2.45) is 5.92 Å². The van der Waals surface area contributed by atoms with Gasteiger partial charge < -0.3 is 9.64 Å². The fourth-order valence-electron chi connectivity index (χ4n) is 3.60. The molecule has 0 radical (unpaired) electrons. The highest BCUT2D eigenvalue weighted by Gasteiger charge is 2.19. The fourth-order valence-corrected chi connectivity index (χ4v) is 3.60. The predicted octanol–water partition coefficient (Wildman–Crippen LogP) is 6.04.